The molecule has 0 atom stereocenters. The molecule has 2 aromatic heterocycles. The zero-order chi connectivity index (χ0) is 12.2. The lowest BCUT2D eigenvalue weighted by Gasteiger charge is -2.03. The van der Waals surface area contributed by atoms with Gasteiger partial charge in [0.05, 0.1) is 0 Å². The van der Waals surface area contributed by atoms with Crippen LogP contribution in [-0.2, 0) is 19.0 Å². The van der Waals surface area contributed by atoms with Crippen LogP contribution in [0, 0.1) is 0 Å². The van der Waals surface area contributed by atoms with Crippen molar-refractivity contribution >= 4 is 17.2 Å². The maximum atomic E-state index is 12.5. The minimum Gasteiger partial charge on any atom is -0.233 e. The molecule has 0 aliphatic heterocycles. The first-order valence-corrected chi connectivity index (χ1v) is 5.49. The molecular weight excluding hydrogens is 255 g/mol. The zero-order valence-corrected chi connectivity index (χ0v) is 9.31. The number of hydrogen-bond acceptors (Lipinski definition) is 2. The Kier molecular flexibility index (Phi) is 2.13. The second-order valence-corrected chi connectivity index (χ2v) is 4.34. The van der Waals surface area contributed by atoms with E-state index < -0.39 is 11.9 Å². The van der Waals surface area contributed by atoms with Gasteiger partial charge in [-0.2, -0.15) is 18.3 Å². The molecule has 17 heavy (non-hydrogen) atoms. The number of hydrogen-bond donors (Lipinski definition) is 0. The van der Waals surface area contributed by atoms with Crippen molar-refractivity contribution in [2.75, 3.05) is 0 Å². The maximum absolute atomic E-state index is 12.5. The van der Waals surface area contributed by atoms with Gasteiger partial charge in [-0.1, -0.05) is 11.6 Å². The van der Waals surface area contributed by atoms with Crippen molar-refractivity contribution in [2.45, 2.75) is 25.4 Å². The normalized spacial score (nSPS) is 15.5. The van der Waals surface area contributed by atoms with Gasteiger partial charge in [-0.3, -0.25) is 0 Å². The van der Waals surface area contributed by atoms with Crippen LogP contribution in [0.25, 0.3) is 5.65 Å². The van der Waals surface area contributed by atoms with Gasteiger partial charge in [0.2, 0.25) is 0 Å². The van der Waals surface area contributed by atoms with Crippen molar-refractivity contribution in [2.24, 2.45) is 0 Å². The lowest BCUT2D eigenvalue weighted by molar-refractivity contribution is -0.141. The van der Waals surface area contributed by atoms with E-state index in [1.807, 2.05) is 0 Å². The van der Waals surface area contributed by atoms with Crippen LogP contribution in [0.1, 0.15) is 23.4 Å². The quantitative estimate of drug-likeness (QED) is 0.683. The molecule has 0 bridgehead atoms. The standard InChI is InChI=1S/C10H7ClF3N3/c11-9-5-2-1-3-6(5)15-8-4-7(10(12,13)14)16-17(8)9/h4H,1-3H2. The molecule has 1 aliphatic rings. The first kappa shape index (κ1) is 10.8. The van der Waals surface area contributed by atoms with E-state index in [2.05, 4.69) is 10.1 Å². The minimum atomic E-state index is -4.47. The molecule has 3 nitrogen and oxygen atoms in total. The summed E-state index contributed by atoms with van der Waals surface area (Å²) in [4.78, 5) is 4.17. The molecule has 0 fully saturated rings. The summed E-state index contributed by atoms with van der Waals surface area (Å²) in [7, 11) is 0. The van der Waals surface area contributed by atoms with Crippen molar-refractivity contribution < 1.29 is 13.2 Å². The van der Waals surface area contributed by atoms with Crippen LogP contribution < -0.4 is 0 Å². The van der Waals surface area contributed by atoms with Gasteiger partial charge in [0.15, 0.2) is 11.3 Å². The first-order chi connectivity index (χ1) is 7.97. The summed E-state index contributed by atoms with van der Waals surface area (Å²) in [6.07, 6.45) is -2.03. The largest absolute Gasteiger partial charge is 0.435 e. The average molecular weight is 262 g/mol. The highest BCUT2D eigenvalue weighted by Crippen LogP contribution is 2.32. The molecule has 3 rings (SSSR count). The summed E-state index contributed by atoms with van der Waals surface area (Å²) < 4.78 is 38.6. The molecule has 0 N–H and O–H groups in total. The van der Waals surface area contributed by atoms with E-state index in [0.29, 0.717) is 0 Å². The molecule has 2 heterocycles. The molecule has 0 saturated heterocycles. The van der Waals surface area contributed by atoms with E-state index in [1.54, 1.807) is 0 Å². The second-order valence-electron chi connectivity index (χ2n) is 3.98. The summed E-state index contributed by atoms with van der Waals surface area (Å²) in [5.41, 5.74) is 0.797. The van der Waals surface area contributed by atoms with Crippen molar-refractivity contribution in [3.8, 4) is 0 Å². The highest BCUT2D eigenvalue weighted by molar-refractivity contribution is 6.30. The number of rotatable bonds is 0. The van der Waals surface area contributed by atoms with E-state index in [0.717, 1.165) is 41.1 Å². The summed E-state index contributed by atoms with van der Waals surface area (Å²) >= 11 is 6.04. The summed E-state index contributed by atoms with van der Waals surface area (Å²) in [5, 5.41) is 3.71. The monoisotopic (exact) mass is 261 g/mol. The Morgan fingerprint density at radius 3 is 2.76 bits per heavy atom. The number of aromatic nitrogens is 3. The Hall–Kier alpha value is -1.30. The van der Waals surface area contributed by atoms with Crippen molar-refractivity contribution in [3.05, 3.63) is 28.2 Å². The molecule has 2 aromatic rings. The Morgan fingerprint density at radius 2 is 2.06 bits per heavy atom. The number of halogens is 4. The van der Waals surface area contributed by atoms with Gasteiger partial charge in [0, 0.05) is 17.3 Å². The summed E-state index contributed by atoms with van der Waals surface area (Å²) in [6, 6.07) is 0.921. The smallest absolute Gasteiger partial charge is 0.233 e. The highest BCUT2D eigenvalue weighted by atomic mass is 35.5. The minimum absolute atomic E-state index is 0.156. The van der Waals surface area contributed by atoms with Crippen LogP contribution in [0.5, 0.6) is 0 Å². The molecule has 0 saturated carbocycles. The summed E-state index contributed by atoms with van der Waals surface area (Å²) in [6.45, 7) is 0. The van der Waals surface area contributed by atoms with Gasteiger partial charge >= 0.3 is 6.18 Å². The molecule has 1 aliphatic carbocycles. The van der Waals surface area contributed by atoms with Crippen LogP contribution in [0.4, 0.5) is 13.2 Å². The van der Waals surface area contributed by atoms with Crippen molar-refractivity contribution in [1.29, 1.82) is 0 Å². The molecule has 0 radical (unpaired) electrons. The van der Waals surface area contributed by atoms with E-state index in [-0.39, 0.29) is 10.8 Å². The van der Waals surface area contributed by atoms with Crippen molar-refractivity contribution in [3.63, 3.8) is 0 Å². The molecule has 0 unspecified atom stereocenters. The van der Waals surface area contributed by atoms with Gasteiger partial charge < -0.3 is 0 Å². The van der Waals surface area contributed by atoms with Crippen LogP contribution in [0.15, 0.2) is 6.07 Å². The molecular formula is C10H7ClF3N3. The topological polar surface area (TPSA) is 30.2 Å². The third kappa shape index (κ3) is 1.58. The predicted molar refractivity (Wildman–Crippen MR) is 55.0 cm³/mol. The van der Waals surface area contributed by atoms with E-state index in [4.69, 9.17) is 11.6 Å². The number of alkyl halides is 3. The Bertz CT molecular complexity index is 603. The van der Waals surface area contributed by atoms with E-state index in [9.17, 15) is 13.2 Å². The van der Waals surface area contributed by atoms with Crippen molar-refractivity contribution in [1.82, 2.24) is 14.6 Å². The maximum Gasteiger partial charge on any atom is 0.435 e. The Balaban J connectivity index is 2.28. The number of aryl methyl sites for hydroxylation is 1. The fourth-order valence-electron chi connectivity index (χ4n) is 2.07. The second kappa shape index (κ2) is 3.35. The number of nitrogens with zero attached hydrogens (tertiary/aromatic N) is 3. The van der Waals surface area contributed by atoms with Crippen LogP contribution in [0.3, 0.4) is 0 Å². The zero-order valence-electron chi connectivity index (χ0n) is 8.55. The molecule has 0 aromatic carbocycles. The van der Waals surface area contributed by atoms with E-state index in [1.165, 1.54) is 0 Å². The molecule has 0 spiro atoms. The predicted octanol–water partition coefficient (Wildman–Crippen LogP) is 2.89. The SMILES string of the molecule is FC(F)(F)c1cc2nc3c(c(Cl)n2n1)CCC3. The summed E-state index contributed by atoms with van der Waals surface area (Å²) in [5.74, 6) is 0. The molecule has 7 heteroatoms. The molecule has 0 amide bonds. The third-order valence-corrected chi connectivity index (χ3v) is 3.24. The Labute approximate surface area is 99.2 Å². The third-order valence-electron chi connectivity index (χ3n) is 2.85. The first-order valence-electron chi connectivity index (χ1n) is 5.11. The average Bonchev–Trinajstić information content (AvgIpc) is 2.82. The van der Waals surface area contributed by atoms with Gasteiger partial charge in [0.1, 0.15) is 5.15 Å². The van der Waals surface area contributed by atoms with Crippen LogP contribution in [0.2, 0.25) is 5.15 Å². The van der Waals surface area contributed by atoms with Crippen LogP contribution >= 0.6 is 11.6 Å². The molecule has 90 valence electrons. The van der Waals surface area contributed by atoms with Gasteiger partial charge in [-0.05, 0) is 19.3 Å². The fourth-order valence-corrected chi connectivity index (χ4v) is 2.40. The van der Waals surface area contributed by atoms with Crippen LogP contribution in [-0.4, -0.2) is 14.6 Å². The van der Waals surface area contributed by atoms with Gasteiger partial charge in [-0.15, -0.1) is 0 Å². The highest BCUT2D eigenvalue weighted by Gasteiger charge is 2.35. The lowest BCUT2D eigenvalue weighted by atomic mass is 10.3. The van der Waals surface area contributed by atoms with Gasteiger partial charge in [-0.25, -0.2) is 9.50 Å². The number of fused-ring (bicyclic) bond motifs is 2. The Morgan fingerprint density at radius 1 is 1.29 bits per heavy atom. The lowest BCUT2D eigenvalue weighted by Crippen LogP contribution is -2.06. The van der Waals surface area contributed by atoms with Gasteiger partial charge in [0.25, 0.3) is 0 Å². The van der Waals surface area contributed by atoms with E-state index >= 15 is 0 Å². The fraction of sp³-hybridized carbons (Fsp3) is 0.400.